The predicted molar refractivity (Wildman–Crippen MR) is 54.7 cm³/mol. The van der Waals surface area contributed by atoms with E-state index in [2.05, 4.69) is 5.32 Å². The van der Waals surface area contributed by atoms with Gasteiger partial charge < -0.3 is 5.32 Å². The maximum Gasteiger partial charge on any atom is 0.250 e. The minimum Gasteiger partial charge on any atom is -0.311 e. The Morgan fingerprint density at radius 3 is 2.29 bits per heavy atom. The SMILES string of the molecule is FC(F)CNCCC1CCCCCC1. The fraction of sp³-hybridized carbons (Fsp3) is 1.00. The van der Waals surface area contributed by atoms with Gasteiger partial charge in [-0.3, -0.25) is 0 Å². The van der Waals surface area contributed by atoms with Crippen LogP contribution in [0.1, 0.15) is 44.9 Å². The molecule has 0 saturated heterocycles. The molecular weight excluding hydrogens is 184 g/mol. The first-order valence-electron chi connectivity index (χ1n) is 5.78. The molecule has 1 fully saturated rings. The first-order valence-corrected chi connectivity index (χ1v) is 5.78. The Morgan fingerprint density at radius 1 is 1.07 bits per heavy atom. The lowest BCUT2D eigenvalue weighted by atomic mass is 9.97. The topological polar surface area (TPSA) is 12.0 Å². The molecule has 1 nitrogen and oxygen atoms in total. The highest BCUT2D eigenvalue weighted by Gasteiger charge is 2.11. The molecule has 0 aliphatic heterocycles. The minimum atomic E-state index is -2.20. The normalized spacial score (nSPS) is 19.9. The summed E-state index contributed by atoms with van der Waals surface area (Å²) in [6, 6.07) is 0. The smallest absolute Gasteiger partial charge is 0.250 e. The molecule has 1 saturated carbocycles. The van der Waals surface area contributed by atoms with Gasteiger partial charge in [-0.1, -0.05) is 38.5 Å². The highest BCUT2D eigenvalue weighted by Crippen LogP contribution is 2.24. The quantitative estimate of drug-likeness (QED) is 0.537. The largest absolute Gasteiger partial charge is 0.311 e. The van der Waals surface area contributed by atoms with Gasteiger partial charge in [-0.25, -0.2) is 8.78 Å². The second kappa shape index (κ2) is 7.16. The lowest BCUT2D eigenvalue weighted by molar-refractivity contribution is 0.145. The molecule has 84 valence electrons. The van der Waals surface area contributed by atoms with E-state index in [9.17, 15) is 8.78 Å². The molecule has 14 heavy (non-hydrogen) atoms. The molecule has 0 atom stereocenters. The summed E-state index contributed by atoms with van der Waals surface area (Å²) in [5.74, 6) is 0.780. The van der Waals surface area contributed by atoms with Gasteiger partial charge in [0.1, 0.15) is 0 Å². The Bertz CT molecular complexity index is 131. The molecule has 0 amide bonds. The van der Waals surface area contributed by atoms with Crippen LogP contribution >= 0.6 is 0 Å². The summed E-state index contributed by atoms with van der Waals surface area (Å²) in [5, 5.41) is 2.80. The highest BCUT2D eigenvalue weighted by molar-refractivity contribution is 4.65. The summed E-state index contributed by atoms with van der Waals surface area (Å²) in [4.78, 5) is 0. The Kier molecular flexibility index (Phi) is 6.08. The molecule has 1 rings (SSSR count). The van der Waals surface area contributed by atoms with E-state index in [-0.39, 0.29) is 6.54 Å². The van der Waals surface area contributed by atoms with Gasteiger partial charge in [0.25, 0.3) is 6.43 Å². The fourth-order valence-electron chi connectivity index (χ4n) is 2.17. The van der Waals surface area contributed by atoms with E-state index >= 15 is 0 Å². The van der Waals surface area contributed by atoms with Crippen molar-refractivity contribution >= 4 is 0 Å². The van der Waals surface area contributed by atoms with Crippen LogP contribution in [-0.4, -0.2) is 19.5 Å². The third-order valence-electron chi connectivity index (χ3n) is 3.00. The molecular formula is C11H21F2N. The van der Waals surface area contributed by atoms with Crippen molar-refractivity contribution in [3.8, 4) is 0 Å². The predicted octanol–water partition coefficient (Wildman–Crippen LogP) is 3.20. The number of nitrogens with one attached hydrogen (secondary N) is 1. The van der Waals surface area contributed by atoms with Crippen LogP contribution in [0.25, 0.3) is 0 Å². The van der Waals surface area contributed by atoms with Gasteiger partial charge in [-0.15, -0.1) is 0 Å². The minimum absolute atomic E-state index is 0.146. The average Bonchev–Trinajstić information content (AvgIpc) is 2.40. The Balaban J connectivity index is 1.99. The van der Waals surface area contributed by atoms with Crippen molar-refractivity contribution in [3.05, 3.63) is 0 Å². The maximum absolute atomic E-state index is 11.8. The number of halogens is 2. The van der Waals surface area contributed by atoms with Crippen molar-refractivity contribution in [3.63, 3.8) is 0 Å². The zero-order chi connectivity index (χ0) is 10.2. The Morgan fingerprint density at radius 2 is 1.71 bits per heavy atom. The zero-order valence-electron chi connectivity index (χ0n) is 8.77. The van der Waals surface area contributed by atoms with Crippen LogP contribution in [0.3, 0.4) is 0 Å². The van der Waals surface area contributed by atoms with Crippen molar-refractivity contribution in [2.75, 3.05) is 13.1 Å². The molecule has 0 heterocycles. The zero-order valence-corrected chi connectivity index (χ0v) is 8.77. The average molecular weight is 205 g/mol. The van der Waals surface area contributed by atoms with E-state index in [4.69, 9.17) is 0 Å². The number of alkyl halides is 2. The van der Waals surface area contributed by atoms with E-state index in [0.29, 0.717) is 0 Å². The lowest BCUT2D eigenvalue weighted by Crippen LogP contribution is -2.23. The van der Waals surface area contributed by atoms with Crippen LogP contribution < -0.4 is 5.32 Å². The van der Waals surface area contributed by atoms with Gasteiger partial charge in [-0.2, -0.15) is 0 Å². The molecule has 3 heteroatoms. The van der Waals surface area contributed by atoms with Gasteiger partial charge in [0.2, 0.25) is 0 Å². The molecule has 0 aromatic heterocycles. The van der Waals surface area contributed by atoms with Crippen LogP contribution in [0.15, 0.2) is 0 Å². The molecule has 0 aromatic rings. The first kappa shape index (κ1) is 11.9. The second-order valence-corrected chi connectivity index (χ2v) is 4.24. The number of rotatable bonds is 5. The number of hydrogen-bond donors (Lipinski definition) is 1. The van der Waals surface area contributed by atoms with E-state index in [1.165, 1.54) is 38.5 Å². The third-order valence-corrected chi connectivity index (χ3v) is 3.00. The van der Waals surface area contributed by atoms with Gasteiger partial charge in [0.15, 0.2) is 0 Å². The molecule has 1 aliphatic carbocycles. The summed E-state index contributed by atoms with van der Waals surface area (Å²) in [5.41, 5.74) is 0. The van der Waals surface area contributed by atoms with Gasteiger partial charge in [-0.05, 0) is 18.9 Å². The van der Waals surface area contributed by atoms with Crippen LogP contribution in [0, 0.1) is 5.92 Å². The van der Waals surface area contributed by atoms with Crippen LogP contribution in [0.5, 0.6) is 0 Å². The van der Waals surface area contributed by atoms with Gasteiger partial charge in [0, 0.05) is 0 Å². The van der Waals surface area contributed by atoms with Crippen LogP contribution in [0.2, 0.25) is 0 Å². The summed E-state index contributed by atoms with van der Waals surface area (Å²) < 4.78 is 23.6. The monoisotopic (exact) mass is 205 g/mol. The molecule has 0 radical (unpaired) electrons. The number of hydrogen-bond acceptors (Lipinski definition) is 1. The second-order valence-electron chi connectivity index (χ2n) is 4.24. The molecule has 0 bridgehead atoms. The molecule has 0 spiro atoms. The lowest BCUT2D eigenvalue weighted by Gasteiger charge is -2.13. The highest BCUT2D eigenvalue weighted by atomic mass is 19.3. The Hall–Kier alpha value is -0.180. The molecule has 0 aromatic carbocycles. The summed E-state index contributed by atoms with van der Waals surface area (Å²) in [6.07, 6.45) is 6.87. The van der Waals surface area contributed by atoms with Crippen molar-refractivity contribution < 1.29 is 8.78 Å². The summed E-state index contributed by atoms with van der Waals surface area (Å²) in [7, 11) is 0. The molecule has 1 N–H and O–H groups in total. The van der Waals surface area contributed by atoms with Crippen molar-refractivity contribution in [1.82, 2.24) is 5.32 Å². The van der Waals surface area contributed by atoms with E-state index in [1.54, 1.807) is 0 Å². The standard InChI is InChI=1S/C11H21F2N/c12-11(13)9-14-8-7-10-5-3-1-2-4-6-10/h10-11,14H,1-9H2. The van der Waals surface area contributed by atoms with E-state index < -0.39 is 6.43 Å². The summed E-state index contributed by atoms with van der Waals surface area (Å²) >= 11 is 0. The van der Waals surface area contributed by atoms with Crippen molar-refractivity contribution in [2.24, 2.45) is 5.92 Å². The van der Waals surface area contributed by atoms with E-state index in [0.717, 1.165) is 18.9 Å². The van der Waals surface area contributed by atoms with E-state index in [1.807, 2.05) is 0 Å². The van der Waals surface area contributed by atoms with Gasteiger partial charge in [0.05, 0.1) is 6.54 Å². The molecule has 0 unspecified atom stereocenters. The Labute approximate surface area is 85.3 Å². The molecule has 1 aliphatic rings. The van der Waals surface area contributed by atoms with Gasteiger partial charge >= 0.3 is 0 Å². The van der Waals surface area contributed by atoms with Crippen molar-refractivity contribution in [1.29, 1.82) is 0 Å². The van der Waals surface area contributed by atoms with Crippen LogP contribution in [-0.2, 0) is 0 Å². The maximum atomic E-state index is 11.8. The summed E-state index contributed by atoms with van der Waals surface area (Å²) in [6.45, 7) is 0.613. The first-order chi connectivity index (χ1) is 6.79. The van der Waals surface area contributed by atoms with Crippen molar-refractivity contribution in [2.45, 2.75) is 51.4 Å². The van der Waals surface area contributed by atoms with Crippen LogP contribution in [0.4, 0.5) is 8.78 Å². The third kappa shape index (κ3) is 5.53. The fourth-order valence-corrected chi connectivity index (χ4v) is 2.17.